The molecule has 1 atom stereocenters. The van der Waals surface area contributed by atoms with E-state index >= 15 is 0 Å². The van der Waals surface area contributed by atoms with Gasteiger partial charge in [-0.25, -0.2) is 0 Å². The van der Waals surface area contributed by atoms with Gasteiger partial charge in [0.1, 0.15) is 0 Å². The summed E-state index contributed by atoms with van der Waals surface area (Å²) in [5.74, 6) is 0.723. The van der Waals surface area contributed by atoms with E-state index in [1.807, 2.05) is 0 Å². The maximum absolute atomic E-state index is 4.14. The summed E-state index contributed by atoms with van der Waals surface area (Å²) in [7, 11) is 0. The fourth-order valence-electron chi connectivity index (χ4n) is 2.56. The molecule has 2 rings (SSSR count). The highest BCUT2D eigenvalue weighted by Gasteiger charge is 2.15. The molecule has 0 nitrogen and oxygen atoms in total. The van der Waals surface area contributed by atoms with Crippen LogP contribution in [0.3, 0.4) is 0 Å². The highest BCUT2D eigenvalue weighted by atomic mass is 14.2. The first-order valence-electron chi connectivity index (χ1n) is 6.70. The van der Waals surface area contributed by atoms with Crippen molar-refractivity contribution in [1.29, 1.82) is 0 Å². The Kier molecular flexibility index (Phi) is 4.19. The van der Waals surface area contributed by atoms with Gasteiger partial charge in [-0.2, -0.15) is 0 Å². The lowest BCUT2D eigenvalue weighted by atomic mass is 9.84. The van der Waals surface area contributed by atoms with Gasteiger partial charge in [0.15, 0.2) is 0 Å². The molecule has 0 heterocycles. The molecule has 0 saturated heterocycles. The third-order valence-electron chi connectivity index (χ3n) is 3.70. The van der Waals surface area contributed by atoms with Crippen LogP contribution < -0.4 is 0 Å². The summed E-state index contributed by atoms with van der Waals surface area (Å²) in [6.07, 6.45) is 10.5. The fourth-order valence-corrected chi connectivity index (χ4v) is 2.56. The normalized spacial score (nSPS) is 19.2. The number of allylic oxidation sites excluding steroid dienone is 3. The van der Waals surface area contributed by atoms with Gasteiger partial charge in [0.05, 0.1) is 0 Å². The van der Waals surface area contributed by atoms with Gasteiger partial charge in [-0.3, -0.25) is 0 Å². The minimum atomic E-state index is 0.723. The van der Waals surface area contributed by atoms with Crippen molar-refractivity contribution in [2.45, 2.75) is 44.9 Å². The smallest absolute Gasteiger partial charge is 0.00671 e. The monoisotopic (exact) mass is 226 g/mol. The van der Waals surface area contributed by atoms with Crippen molar-refractivity contribution in [3.05, 3.63) is 59.7 Å². The van der Waals surface area contributed by atoms with E-state index in [2.05, 4.69) is 49.9 Å². The van der Waals surface area contributed by atoms with Gasteiger partial charge in [-0.05, 0) is 49.1 Å². The molecule has 1 aromatic carbocycles. The zero-order valence-electron chi connectivity index (χ0n) is 10.8. The Morgan fingerprint density at radius 1 is 1.29 bits per heavy atom. The van der Waals surface area contributed by atoms with Crippen LogP contribution >= 0.6 is 0 Å². The van der Waals surface area contributed by atoms with Gasteiger partial charge in [-0.1, -0.05) is 55.5 Å². The van der Waals surface area contributed by atoms with Crippen molar-refractivity contribution in [2.24, 2.45) is 0 Å². The first-order chi connectivity index (χ1) is 8.31. The Labute approximate surface area is 105 Å². The zero-order chi connectivity index (χ0) is 12.1. The topological polar surface area (TPSA) is 0 Å². The molecule has 1 aromatic rings. The molecule has 0 fully saturated rings. The van der Waals surface area contributed by atoms with Gasteiger partial charge < -0.3 is 0 Å². The molecular weight excluding hydrogens is 204 g/mol. The van der Waals surface area contributed by atoms with Crippen molar-refractivity contribution in [3.63, 3.8) is 0 Å². The Morgan fingerprint density at radius 2 is 2.12 bits per heavy atom. The van der Waals surface area contributed by atoms with Crippen LogP contribution in [0.4, 0.5) is 0 Å². The van der Waals surface area contributed by atoms with Crippen molar-refractivity contribution < 1.29 is 0 Å². The lowest BCUT2D eigenvalue weighted by Crippen LogP contribution is -2.05. The summed E-state index contributed by atoms with van der Waals surface area (Å²) in [5.41, 5.74) is 4.37. The SMILES string of the molecule is C=C(CC)Cc1ccccc1C1CC=CCC1. The molecule has 1 aliphatic rings. The molecule has 0 spiro atoms. The lowest BCUT2D eigenvalue weighted by Gasteiger charge is -2.21. The molecule has 0 N–H and O–H groups in total. The minimum absolute atomic E-state index is 0.723. The van der Waals surface area contributed by atoms with Gasteiger partial charge in [-0.15, -0.1) is 0 Å². The molecule has 0 aliphatic heterocycles. The Morgan fingerprint density at radius 3 is 2.82 bits per heavy atom. The van der Waals surface area contributed by atoms with E-state index in [1.54, 1.807) is 5.56 Å². The standard InChI is InChI=1S/C17H22/c1-3-14(2)13-16-11-7-8-12-17(16)15-9-5-4-6-10-15/h4-5,7-8,11-12,15H,2-3,6,9-10,13H2,1H3. The first kappa shape index (κ1) is 12.2. The molecule has 17 heavy (non-hydrogen) atoms. The molecular formula is C17H22. The first-order valence-corrected chi connectivity index (χ1v) is 6.70. The van der Waals surface area contributed by atoms with Crippen molar-refractivity contribution in [3.8, 4) is 0 Å². The molecule has 90 valence electrons. The summed E-state index contributed by atoms with van der Waals surface area (Å²) >= 11 is 0. The highest BCUT2D eigenvalue weighted by Crippen LogP contribution is 2.32. The Bertz CT molecular complexity index is 412. The Hall–Kier alpha value is -1.30. The number of hydrogen-bond donors (Lipinski definition) is 0. The molecule has 0 heteroatoms. The maximum Gasteiger partial charge on any atom is -0.00671 e. The van der Waals surface area contributed by atoms with E-state index in [1.165, 1.54) is 30.4 Å². The van der Waals surface area contributed by atoms with Crippen LogP contribution in [0.2, 0.25) is 0 Å². The number of hydrogen-bond acceptors (Lipinski definition) is 0. The second-order valence-electron chi connectivity index (χ2n) is 4.96. The second kappa shape index (κ2) is 5.86. The van der Waals surface area contributed by atoms with Gasteiger partial charge in [0.2, 0.25) is 0 Å². The molecule has 0 saturated carbocycles. The average molecular weight is 226 g/mol. The predicted octanol–water partition coefficient (Wildman–Crippen LogP) is 5.02. The summed E-state index contributed by atoms with van der Waals surface area (Å²) in [5, 5.41) is 0. The van der Waals surface area contributed by atoms with Crippen LogP contribution in [0, 0.1) is 0 Å². The molecule has 0 radical (unpaired) electrons. The third-order valence-corrected chi connectivity index (χ3v) is 3.70. The maximum atomic E-state index is 4.14. The van der Waals surface area contributed by atoms with E-state index in [-0.39, 0.29) is 0 Å². The van der Waals surface area contributed by atoms with Crippen LogP contribution in [0.5, 0.6) is 0 Å². The third kappa shape index (κ3) is 3.09. The van der Waals surface area contributed by atoms with Crippen molar-refractivity contribution in [2.75, 3.05) is 0 Å². The van der Waals surface area contributed by atoms with Crippen LogP contribution in [0.15, 0.2) is 48.6 Å². The van der Waals surface area contributed by atoms with Gasteiger partial charge >= 0.3 is 0 Å². The molecule has 1 unspecified atom stereocenters. The largest absolute Gasteiger partial charge is 0.0995 e. The van der Waals surface area contributed by atoms with E-state index in [0.29, 0.717) is 0 Å². The predicted molar refractivity (Wildman–Crippen MR) is 75.3 cm³/mol. The van der Waals surface area contributed by atoms with Gasteiger partial charge in [0, 0.05) is 0 Å². The highest BCUT2D eigenvalue weighted by molar-refractivity contribution is 5.34. The average Bonchev–Trinajstić information content (AvgIpc) is 2.40. The van der Waals surface area contributed by atoms with E-state index in [9.17, 15) is 0 Å². The summed E-state index contributed by atoms with van der Waals surface area (Å²) < 4.78 is 0. The Balaban J connectivity index is 2.20. The van der Waals surface area contributed by atoms with Crippen LogP contribution in [-0.2, 0) is 6.42 Å². The van der Waals surface area contributed by atoms with Gasteiger partial charge in [0.25, 0.3) is 0 Å². The second-order valence-corrected chi connectivity index (χ2v) is 4.96. The van der Waals surface area contributed by atoms with Crippen molar-refractivity contribution >= 4 is 0 Å². The fraction of sp³-hybridized carbons (Fsp3) is 0.412. The molecule has 0 aromatic heterocycles. The minimum Gasteiger partial charge on any atom is -0.0995 e. The van der Waals surface area contributed by atoms with E-state index in [4.69, 9.17) is 0 Å². The summed E-state index contributed by atoms with van der Waals surface area (Å²) in [6.45, 7) is 6.33. The van der Waals surface area contributed by atoms with Crippen LogP contribution in [0.25, 0.3) is 0 Å². The molecule has 0 bridgehead atoms. The van der Waals surface area contributed by atoms with E-state index < -0.39 is 0 Å². The zero-order valence-corrected chi connectivity index (χ0v) is 10.8. The molecule has 1 aliphatic carbocycles. The summed E-state index contributed by atoms with van der Waals surface area (Å²) in [6, 6.07) is 8.91. The number of rotatable bonds is 4. The quantitative estimate of drug-likeness (QED) is 0.632. The van der Waals surface area contributed by atoms with Crippen LogP contribution in [0.1, 0.15) is 49.7 Å². The van der Waals surface area contributed by atoms with Crippen LogP contribution in [-0.4, -0.2) is 0 Å². The lowest BCUT2D eigenvalue weighted by molar-refractivity contribution is 0.612. The molecule has 0 amide bonds. The van der Waals surface area contributed by atoms with E-state index in [0.717, 1.165) is 18.8 Å². The van der Waals surface area contributed by atoms with Crippen molar-refractivity contribution in [1.82, 2.24) is 0 Å². The summed E-state index contributed by atoms with van der Waals surface area (Å²) in [4.78, 5) is 0. The number of benzene rings is 1.